The van der Waals surface area contributed by atoms with Gasteiger partial charge in [-0.05, 0) is 61.9 Å². The van der Waals surface area contributed by atoms with Crippen molar-refractivity contribution in [3.63, 3.8) is 0 Å². The summed E-state index contributed by atoms with van der Waals surface area (Å²) in [5, 5.41) is 2.62. The normalized spacial score (nSPS) is 11.7. The molecule has 0 aliphatic rings. The minimum atomic E-state index is -4.68. The number of alkyl halides is 3. The molecule has 0 bridgehead atoms. The Morgan fingerprint density at radius 2 is 1.66 bits per heavy atom. The smallest absolute Gasteiger partial charge is 0.416 e. The Morgan fingerprint density at radius 3 is 2.26 bits per heavy atom. The number of amides is 1. The second kappa shape index (κ2) is 10.8. The highest BCUT2D eigenvalue weighted by Crippen LogP contribution is 2.33. The van der Waals surface area contributed by atoms with Crippen LogP contribution in [-0.2, 0) is 27.5 Å². The second-order valence-electron chi connectivity index (χ2n) is 7.73. The molecule has 6 nitrogen and oxygen atoms in total. The molecule has 0 saturated heterocycles. The van der Waals surface area contributed by atoms with Crippen LogP contribution in [0.25, 0.3) is 0 Å². The molecule has 0 aliphatic heterocycles. The summed E-state index contributed by atoms with van der Waals surface area (Å²) in [6.07, 6.45) is -4.68. The summed E-state index contributed by atoms with van der Waals surface area (Å²) in [5.41, 5.74) is 0.266. The molecular formula is C25H25F3N2O4S. The maximum atomic E-state index is 13.4. The number of carbonyl (C=O) groups excluding carboxylic acids is 1. The van der Waals surface area contributed by atoms with E-state index in [2.05, 4.69) is 5.32 Å². The number of ether oxygens (including phenoxy) is 1. The van der Waals surface area contributed by atoms with E-state index in [9.17, 15) is 26.4 Å². The monoisotopic (exact) mass is 506 g/mol. The van der Waals surface area contributed by atoms with E-state index in [0.29, 0.717) is 22.7 Å². The van der Waals surface area contributed by atoms with Crippen LogP contribution in [0.15, 0.2) is 77.7 Å². The lowest BCUT2D eigenvalue weighted by atomic mass is 10.2. The van der Waals surface area contributed by atoms with Crippen LogP contribution < -0.4 is 14.4 Å². The highest BCUT2D eigenvalue weighted by molar-refractivity contribution is 7.92. The Hall–Kier alpha value is -3.53. The van der Waals surface area contributed by atoms with Gasteiger partial charge in [0.1, 0.15) is 12.3 Å². The summed E-state index contributed by atoms with van der Waals surface area (Å²) in [6, 6.07) is 16.7. The maximum Gasteiger partial charge on any atom is 0.416 e. The summed E-state index contributed by atoms with van der Waals surface area (Å²) in [6.45, 7) is 3.54. The van der Waals surface area contributed by atoms with Gasteiger partial charge in [0.05, 0.1) is 22.8 Å². The fraction of sp³-hybridized carbons (Fsp3) is 0.240. The number of hydrogen-bond acceptors (Lipinski definition) is 4. The molecule has 3 aromatic rings. The minimum Gasteiger partial charge on any atom is -0.494 e. The van der Waals surface area contributed by atoms with Crippen molar-refractivity contribution in [1.82, 2.24) is 5.32 Å². The number of halogens is 3. The molecule has 0 aliphatic carbocycles. The molecule has 0 aromatic heterocycles. The minimum absolute atomic E-state index is 0.103. The molecule has 10 heteroatoms. The number of rotatable bonds is 9. The van der Waals surface area contributed by atoms with Crippen molar-refractivity contribution >= 4 is 21.6 Å². The topological polar surface area (TPSA) is 75.7 Å². The van der Waals surface area contributed by atoms with Crippen LogP contribution in [0, 0.1) is 6.92 Å². The zero-order valence-corrected chi connectivity index (χ0v) is 20.0. The van der Waals surface area contributed by atoms with Crippen LogP contribution in [0.5, 0.6) is 5.75 Å². The third-order valence-corrected chi connectivity index (χ3v) is 6.87. The van der Waals surface area contributed by atoms with Gasteiger partial charge in [-0.3, -0.25) is 9.10 Å². The molecule has 0 spiro atoms. The van der Waals surface area contributed by atoms with Gasteiger partial charge in [0.25, 0.3) is 10.0 Å². The highest BCUT2D eigenvalue weighted by Gasteiger charge is 2.33. The summed E-state index contributed by atoms with van der Waals surface area (Å²) in [7, 11) is -4.33. The van der Waals surface area contributed by atoms with Crippen LogP contribution >= 0.6 is 0 Å². The number of nitrogens with one attached hydrogen (secondary N) is 1. The van der Waals surface area contributed by atoms with E-state index in [4.69, 9.17) is 4.74 Å². The molecule has 0 fully saturated rings. The van der Waals surface area contributed by atoms with Crippen molar-refractivity contribution < 1.29 is 31.1 Å². The lowest BCUT2D eigenvalue weighted by Crippen LogP contribution is -2.40. The van der Waals surface area contributed by atoms with Crippen molar-refractivity contribution in [1.29, 1.82) is 0 Å². The lowest BCUT2D eigenvalue weighted by Gasteiger charge is -2.25. The molecule has 0 unspecified atom stereocenters. The first-order valence-corrected chi connectivity index (χ1v) is 12.2. The Balaban J connectivity index is 1.87. The molecule has 3 aromatic carbocycles. The van der Waals surface area contributed by atoms with Crippen LogP contribution in [0.1, 0.15) is 23.6 Å². The molecule has 0 heterocycles. The Morgan fingerprint density at radius 1 is 1.00 bits per heavy atom. The van der Waals surface area contributed by atoms with Crippen molar-refractivity contribution in [2.45, 2.75) is 31.5 Å². The first kappa shape index (κ1) is 26.1. The molecule has 1 amide bonds. The van der Waals surface area contributed by atoms with E-state index in [1.165, 1.54) is 18.2 Å². The Labute approximate surface area is 202 Å². The van der Waals surface area contributed by atoms with Gasteiger partial charge < -0.3 is 10.1 Å². The van der Waals surface area contributed by atoms with Gasteiger partial charge in [-0.25, -0.2) is 8.42 Å². The molecule has 0 atom stereocenters. The fourth-order valence-corrected chi connectivity index (χ4v) is 4.66. The number of aryl methyl sites for hydroxylation is 1. The fourth-order valence-electron chi connectivity index (χ4n) is 3.25. The molecule has 186 valence electrons. The molecule has 3 rings (SSSR count). The third-order valence-electron chi connectivity index (χ3n) is 5.08. The van der Waals surface area contributed by atoms with Crippen LogP contribution in [0.3, 0.4) is 0 Å². The van der Waals surface area contributed by atoms with E-state index in [1.807, 2.05) is 6.92 Å². The number of sulfonamides is 1. The van der Waals surface area contributed by atoms with E-state index >= 15 is 0 Å². The summed E-state index contributed by atoms with van der Waals surface area (Å²) < 4.78 is 72.6. The zero-order chi connectivity index (χ0) is 25.6. The second-order valence-corrected chi connectivity index (χ2v) is 9.59. The van der Waals surface area contributed by atoms with Gasteiger partial charge in [0, 0.05) is 6.54 Å². The SMILES string of the molecule is CCOc1ccc(CNC(=O)CN(c2cccc(C(F)(F)F)c2)S(=O)(=O)c2ccc(C)cc2)cc1. The number of anilines is 1. The lowest BCUT2D eigenvalue weighted by molar-refractivity contribution is -0.137. The van der Waals surface area contributed by atoms with Crippen molar-refractivity contribution in [2.75, 3.05) is 17.5 Å². The highest BCUT2D eigenvalue weighted by atomic mass is 32.2. The Bertz CT molecular complexity index is 1260. The predicted octanol–water partition coefficient (Wildman–Crippen LogP) is 4.92. The van der Waals surface area contributed by atoms with E-state index in [1.54, 1.807) is 43.3 Å². The average Bonchev–Trinajstić information content (AvgIpc) is 2.82. The zero-order valence-electron chi connectivity index (χ0n) is 19.2. The van der Waals surface area contributed by atoms with Gasteiger partial charge in [0.15, 0.2) is 0 Å². The van der Waals surface area contributed by atoms with Gasteiger partial charge >= 0.3 is 6.18 Å². The number of carbonyl (C=O) groups is 1. The first-order valence-electron chi connectivity index (χ1n) is 10.8. The van der Waals surface area contributed by atoms with E-state index in [0.717, 1.165) is 23.3 Å². The maximum absolute atomic E-state index is 13.4. The number of hydrogen-bond donors (Lipinski definition) is 1. The molecule has 0 radical (unpaired) electrons. The van der Waals surface area contributed by atoms with Crippen LogP contribution in [0.2, 0.25) is 0 Å². The third kappa shape index (κ3) is 6.75. The quantitative estimate of drug-likeness (QED) is 0.447. The van der Waals surface area contributed by atoms with Crippen LogP contribution in [0.4, 0.5) is 18.9 Å². The first-order chi connectivity index (χ1) is 16.5. The van der Waals surface area contributed by atoms with Crippen molar-refractivity contribution in [2.24, 2.45) is 0 Å². The summed E-state index contributed by atoms with van der Waals surface area (Å²) in [5.74, 6) is -0.00512. The molecule has 0 saturated carbocycles. The Kier molecular flexibility index (Phi) is 8.06. The molecular weight excluding hydrogens is 481 g/mol. The number of benzene rings is 3. The predicted molar refractivity (Wildman–Crippen MR) is 127 cm³/mol. The standard InChI is InChI=1S/C25H25F3N2O4S/c1-3-34-22-11-9-19(10-12-22)16-29-24(31)17-30(21-6-4-5-20(15-21)25(26,27)28)35(32,33)23-13-7-18(2)8-14-23/h4-15H,3,16-17H2,1-2H3,(H,29,31). The average molecular weight is 507 g/mol. The van der Waals surface area contributed by atoms with E-state index in [-0.39, 0.29) is 17.1 Å². The van der Waals surface area contributed by atoms with Crippen LogP contribution in [-0.4, -0.2) is 27.5 Å². The summed E-state index contributed by atoms with van der Waals surface area (Å²) in [4.78, 5) is 12.6. The van der Waals surface area contributed by atoms with Gasteiger partial charge in [-0.2, -0.15) is 13.2 Å². The summed E-state index contributed by atoms with van der Waals surface area (Å²) >= 11 is 0. The molecule has 1 N–H and O–H groups in total. The van der Waals surface area contributed by atoms with Gasteiger partial charge in [-0.15, -0.1) is 0 Å². The van der Waals surface area contributed by atoms with Gasteiger partial charge in [-0.1, -0.05) is 35.9 Å². The van der Waals surface area contributed by atoms with Crippen molar-refractivity contribution in [3.8, 4) is 5.75 Å². The largest absolute Gasteiger partial charge is 0.494 e. The van der Waals surface area contributed by atoms with Crippen molar-refractivity contribution in [3.05, 3.63) is 89.5 Å². The van der Waals surface area contributed by atoms with Gasteiger partial charge in [0.2, 0.25) is 5.91 Å². The molecule has 35 heavy (non-hydrogen) atoms. The number of nitrogens with zero attached hydrogens (tertiary/aromatic N) is 1. The van der Waals surface area contributed by atoms with E-state index < -0.39 is 34.2 Å².